The maximum atomic E-state index is 3.19. The van der Waals surface area contributed by atoms with Gasteiger partial charge in [0.1, 0.15) is 0 Å². The number of H-pyrrole nitrogens is 2. The van der Waals surface area contributed by atoms with Crippen molar-refractivity contribution in [2.45, 2.75) is 48.0 Å². The first kappa shape index (κ1) is 13.6. The molecule has 0 aromatic carbocycles. The van der Waals surface area contributed by atoms with Crippen molar-refractivity contribution in [2.24, 2.45) is 0 Å². The summed E-state index contributed by atoms with van der Waals surface area (Å²) in [7, 11) is 0. The second-order valence-corrected chi connectivity index (χ2v) is 4.65. The molecule has 2 rings (SSSR count). The summed E-state index contributed by atoms with van der Waals surface area (Å²) in [6.45, 7) is 12.8. The van der Waals surface area contributed by atoms with Crippen molar-refractivity contribution in [3.63, 3.8) is 0 Å². The Morgan fingerprint density at radius 3 is 1.53 bits per heavy atom. The second kappa shape index (κ2) is 5.76. The maximum Gasteiger partial charge on any atom is 0.0150 e. The summed E-state index contributed by atoms with van der Waals surface area (Å²) < 4.78 is 0. The Kier molecular flexibility index (Phi) is 4.62. The molecule has 0 saturated carbocycles. The Hall–Kier alpha value is -1.44. The van der Waals surface area contributed by atoms with Gasteiger partial charge in [0, 0.05) is 23.8 Å². The SMILES string of the molecule is CCc1c(C)c[nH]c1C.Cc1c[nH]c(C)c1C. The van der Waals surface area contributed by atoms with E-state index in [0.29, 0.717) is 0 Å². The molecule has 0 aliphatic heterocycles. The van der Waals surface area contributed by atoms with Crippen molar-refractivity contribution in [1.29, 1.82) is 0 Å². The lowest BCUT2D eigenvalue weighted by atomic mass is 10.1. The topological polar surface area (TPSA) is 31.6 Å². The average Bonchev–Trinajstić information content (AvgIpc) is 2.77. The molecule has 17 heavy (non-hydrogen) atoms. The standard InChI is InChI=1S/C8H13N.C7H11N/c1-4-8-6(2)5-9-7(8)3;1-5-4-8-7(3)6(5)2/h5,9H,4H2,1-3H3;4,8H,1-3H3. The number of hydrogen-bond donors (Lipinski definition) is 2. The van der Waals surface area contributed by atoms with Crippen LogP contribution in [0.4, 0.5) is 0 Å². The van der Waals surface area contributed by atoms with Gasteiger partial charge in [-0.1, -0.05) is 6.92 Å². The fourth-order valence-corrected chi connectivity index (χ4v) is 1.96. The number of aromatic amines is 2. The molecular weight excluding hydrogens is 208 g/mol. The molecule has 2 nitrogen and oxygen atoms in total. The molecule has 0 spiro atoms. The van der Waals surface area contributed by atoms with E-state index in [1.807, 2.05) is 6.20 Å². The summed E-state index contributed by atoms with van der Waals surface area (Å²) in [5, 5.41) is 0. The average molecular weight is 232 g/mol. The van der Waals surface area contributed by atoms with Crippen molar-refractivity contribution >= 4 is 0 Å². The Labute approximate surface area is 104 Å². The summed E-state index contributed by atoms with van der Waals surface area (Å²) in [5.74, 6) is 0. The summed E-state index contributed by atoms with van der Waals surface area (Å²) in [6.07, 6.45) is 5.24. The molecule has 2 heteroatoms. The highest BCUT2D eigenvalue weighted by molar-refractivity contribution is 5.28. The third-order valence-electron chi connectivity index (χ3n) is 3.45. The van der Waals surface area contributed by atoms with Crippen LogP contribution in [0.3, 0.4) is 0 Å². The normalized spacial score (nSPS) is 10.0. The van der Waals surface area contributed by atoms with Crippen molar-refractivity contribution in [2.75, 3.05) is 0 Å². The van der Waals surface area contributed by atoms with Crippen molar-refractivity contribution in [1.82, 2.24) is 9.97 Å². The van der Waals surface area contributed by atoms with E-state index in [4.69, 9.17) is 0 Å². The molecular formula is C15H24N2. The van der Waals surface area contributed by atoms with Gasteiger partial charge in [0.05, 0.1) is 0 Å². The van der Waals surface area contributed by atoms with Gasteiger partial charge in [-0.15, -0.1) is 0 Å². The summed E-state index contributed by atoms with van der Waals surface area (Å²) >= 11 is 0. The molecule has 0 amide bonds. The molecule has 2 aromatic rings. The Morgan fingerprint density at radius 2 is 1.35 bits per heavy atom. The van der Waals surface area contributed by atoms with E-state index in [0.717, 1.165) is 6.42 Å². The fourth-order valence-electron chi connectivity index (χ4n) is 1.96. The van der Waals surface area contributed by atoms with Crippen LogP contribution in [0.25, 0.3) is 0 Å². The van der Waals surface area contributed by atoms with Crippen LogP contribution >= 0.6 is 0 Å². The highest BCUT2D eigenvalue weighted by Crippen LogP contribution is 2.11. The summed E-state index contributed by atoms with van der Waals surface area (Å²) in [4.78, 5) is 6.32. The summed E-state index contributed by atoms with van der Waals surface area (Å²) in [5.41, 5.74) is 8.18. The van der Waals surface area contributed by atoms with Crippen LogP contribution in [0.5, 0.6) is 0 Å². The first-order chi connectivity index (χ1) is 7.97. The van der Waals surface area contributed by atoms with Crippen molar-refractivity contribution in [3.8, 4) is 0 Å². The van der Waals surface area contributed by atoms with Crippen LogP contribution < -0.4 is 0 Å². The van der Waals surface area contributed by atoms with Crippen LogP contribution in [0.1, 0.15) is 40.6 Å². The molecule has 0 aliphatic rings. The highest BCUT2D eigenvalue weighted by atomic mass is 14.7. The lowest BCUT2D eigenvalue weighted by Crippen LogP contribution is -1.82. The Balaban J connectivity index is 0.000000171. The molecule has 2 N–H and O–H groups in total. The van der Waals surface area contributed by atoms with Gasteiger partial charge in [0.25, 0.3) is 0 Å². The zero-order chi connectivity index (χ0) is 13.0. The molecule has 2 aromatic heterocycles. The number of hydrogen-bond acceptors (Lipinski definition) is 0. The smallest absolute Gasteiger partial charge is 0.0150 e. The first-order valence-electron chi connectivity index (χ1n) is 6.22. The van der Waals surface area contributed by atoms with Gasteiger partial charge in [-0.05, 0) is 63.3 Å². The molecule has 0 fully saturated rings. The Bertz CT molecular complexity index is 436. The monoisotopic (exact) mass is 232 g/mol. The molecule has 0 atom stereocenters. The van der Waals surface area contributed by atoms with Gasteiger partial charge >= 0.3 is 0 Å². The van der Waals surface area contributed by atoms with Crippen LogP contribution in [0.15, 0.2) is 12.4 Å². The molecule has 0 radical (unpaired) electrons. The minimum Gasteiger partial charge on any atom is -0.365 e. The predicted molar refractivity (Wildman–Crippen MR) is 74.6 cm³/mol. The molecule has 2 heterocycles. The van der Waals surface area contributed by atoms with Gasteiger partial charge in [0.15, 0.2) is 0 Å². The lowest BCUT2D eigenvalue weighted by Gasteiger charge is -1.93. The van der Waals surface area contributed by atoms with E-state index >= 15 is 0 Å². The minimum atomic E-state index is 1.14. The molecule has 0 saturated heterocycles. The summed E-state index contributed by atoms with van der Waals surface area (Å²) in [6, 6.07) is 0. The predicted octanol–water partition coefficient (Wildman–Crippen LogP) is 4.13. The van der Waals surface area contributed by atoms with E-state index in [9.17, 15) is 0 Å². The van der Waals surface area contributed by atoms with Crippen LogP contribution in [-0.2, 0) is 6.42 Å². The van der Waals surface area contributed by atoms with Crippen molar-refractivity contribution < 1.29 is 0 Å². The van der Waals surface area contributed by atoms with Gasteiger partial charge in [0.2, 0.25) is 0 Å². The third kappa shape index (κ3) is 3.26. The largest absolute Gasteiger partial charge is 0.365 e. The van der Waals surface area contributed by atoms with Gasteiger partial charge in [-0.25, -0.2) is 0 Å². The lowest BCUT2D eigenvalue weighted by molar-refractivity contribution is 1.08. The van der Waals surface area contributed by atoms with Crippen molar-refractivity contribution in [3.05, 3.63) is 46.0 Å². The molecule has 0 bridgehead atoms. The fraction of sp³-hybridized carbons (Fsp3) is 0.467. The number of aromatic nitrogens is 2. The quantitative estimate of drug-likeness (QED) is 0.741. The van der Waals surface area contributed by atoms with E-state index in [-0.39, 0.29) is 0 Å². The number of nitrogens with one attached hydrogen (secondary N) is 2. The van der Waals surface area contributed by atoms with E-state index < -0.39 is 0 Å². The highest BCUT2D eigenvalue weighted by Gasteiger charge is 1.99. The van der Waals surface area contributed by atoms with E-state index in [1.54, 1.807) is 0 Å². The molecule has 94 valence electrons. The van der Waals surface area contributed by atoms with Gasteiger partial charge in [-0.2, -0.15) is 0 Å². The number of aryl methyl sites for hydroxylation is 4. The number of rotatable bonds is 1. The zero-order valence-electron chi connectivity index (χ0n) is 11.9. The van der Waals surface area contributed by atoms with E-state index in [1.165, 1.54) is 33.6 Å². The maximum absolute atomic E-state index is 3.19. The molecule has 0 aliphatic carbocycles. The van der Waals surface area contributed by atoms with E-state index in [2.05, 4.69) is 57.7 Å². The third-order valence-corrected chi connectivity index (χ3v) is 3.45. The van der Waals surface area contributed by atoms with Gasteiger partial charge in [-0.3, -0.25) is 0 Å². The second-order valence-electron chi connectivity index (χ2n) is 4.65. The zero-order valence-corrected chi connectivity index (χ0v) is 11.9. The molecule has 0 unspecified atom stereocenters. The van der Waals surface area contributed by atoms with Crippen LogP contribution in [-0.4, -0.2) is 9.97 Å². The van der Waals surface area contributed by atoms with Crippen LogP contribution in [0, 0.1) is 34.6 Å². The van der Waals surface area contributed by atoms with Crippen LogP contribution in [0.2, 0.25) is 0 Å². The van der Waals surface area contributed by atoms with Gasteiger partial charge < -0.3 is 9.97 Å². The minimum absolute atomic E-state index is 1.14. The first-order valence-corrected chi connectivity index (χ1v) is 6.22. The Morgan fingerprint density at radius 1 is 0.824 bits per heavy atom.